The van der Waals surface area contributed by atoms with Gasteiger partial charge in [0, 0.05) is 37.0 Å². The second-order valence-electron chi connectivity index (χ2n) is 10.2. The first-order valence-electron chi connectivity index (χ1n) is 13.7. The number of hydrogen-bond donors (Lipinski definition) is 2. The molecule has 43 heavy (non-hydrogen) atoms. The number of aldehydes is 2. The van der Waals surface area contributed by atoms with Crippen molar-refractivity contribution in [2.24, 2.45) is 10.9 Å². The van der Waals surface area contributed by atoms with Gasteiger partial charge < -0.3 is 34.5 Å². The van der Waals surface area contributed by atoms with Crippen molar-refractivity contribution in [2.75, 3.05) is 32.6 Å². The number of aromatic nitrogens is 1. The minimum atomic E-state index is -0.500. The zero-order valence-electron chi connectivity index (χ0n) is 25.0. The number of likely N-dealkylation sites (N-methyl/N-ethyl adjacent to an activating group) is 1. The zero-order chi connectivity index (χ0) is 31.2. The molecule has 11 heteroatoms. The third-order valence-corrected chi connectivity index (χ3v) is 6.40. The normalized spacial score (nSPS) is 15.0. The fourth-order valence-electron chi connectivity index (χ4n) is 3.62. The van der Waals surface area contributed by atoms with Crippen LogP contribution in [-0.4, -0.2) is 61.5 Å². The monoisotopic (exact) mass is 607 g/mol. The fourth-order valence-corrected chi connectivity index (χ4v) is 3.75. The molecule has 0 radical (unpaired) electrons. The minimum absolute atomic E-state index is 0.0759. The number of aliphatic imine (C=N–C) groups is 1. The molecule has 0 atom stereocenters. The van der Waals surface area contributed by atoms with Crippen LogP contribution in [-0.2, 0) is 25.6 Å². The highest BCUT2D eigenvalue weighted by Gasteiger charge is 2.27. The molecule has 1 aliphatic rings. The molecule has 2 aromatic carbocycles. The maximum atomic E-state index is 11.1. The number of anilines is 1. The summed E-state index contributed by atoms with van der Waals surface area (Å²) in [4.78, 5) is 32.0. The number of hydrogen-bond acceptors (Lipinski definition) is 8. The Hall–Kier alpha value is -4.25. The number of nitrogens with zero attached hydrogens (tertiary/aromatic N) is 3. The van der Waals surface area contributed by atoms with Crippen molar-refractivity contribution in [3.05, 3.63) is 95.0 Å². The molecular formula is C32H38ClN5O5. The summed E-state index contributed by atoms with van der Waals surface area (Å²) in [5.41, 5.74) is 3.18. The average molecular weight is 608 g/mol. The molecule has 0 unspecified atom stereocenters. The van der Waals surface area contributed by atoms with Gasteiger partial charge in [-0.2, -0.15) is 0 Å². The predicted molar refractivity (Wildman–Crippen MR) is 168 cm³/mol. The summed E-state index contributed by atoms with van der Waals surface area (Å²) in [5.74, 6) is 1.35. The highest BCUT2D eigenvalue weighted by Crippen LogP contribution is 2.23. The highest BCUT2D eigenvalue weighted by molar-refractivity contribution is 6.30. The lowest BCUT2D eigenvalue weighted by molar-refractivity contribution is -0.256. The number of rotatable bonds is 9. The van der Waals surface area contributed by atoms with Gasteiger partial charge in [-0.25, -0.2) is 4.99 Å². The van der Waals surface area contributed by atoms with Crippen LogP contribution in [0.5, 0.6) is 11.5 Å². The van der Waals surface area contributed by atoms with Gasteiger partial charge in [-0.05, 0) is 74.9 Å². The molecule has 1 saturated heterocycles. The smallest absolute Gasteiger partial charge is 0.203 e. The SMILES string of the molecule is CC1(C)OCC(C=O)CO1.CN/C(C=O)=C/N=C(Nc1ccc(Oc2ccc(C)nc2)cc1)N(C)Cc1ccc(Cl)cc1. The number of benzene rings is 2. The summed E-state index contributed by atoms with van der Waals surface area (Å²) in [6.45, 7) is 7.17. The van der Waals surface area contributed by atoms with E-state index in [9.17, 15) is 9.59 Å². The number of carbonyl (C=O) groups is 2. The zero-order valence-corrected chi connectivity index (χ0v) is 25.8. The van der Waals surface area contributed by atoms with Crippen molar-refractivity contribution in [1.29, 1.82) is 0 Å². The van der Waals surface area contributed by atoms with E-state index in [0.717, 1.165) is 23.2 Å². The van der Waals surface area contributed by atoms with E-state index < -0.39 is 5.79 Å². The molecule has 0 amide bonds. The number of halogens is 1. The molecule has 10 nitrogen and oxygen atoms in total. The van der Waals surface area contributed by atoms with Crippen molar-refractivity contribution in [3.8, 4) is 11.5 Å². The number of aryl methyl sites for hydroxylation is 1. The van der Waals surface area contributed by atoms with Gasteiger partial charge in [0.15, 0.2) is 12.1 Å². The summed E-state index contributed by atoms with van der Waals surface area (Å²) < 4.78 is 16.3. The number of nitrogens with one attached hydrogen (secondary N) is 2. The molecular weight excluding hydrogens is 570 g/mol. The molecule has 1 aromatic heterocycles. The van der Waals surface area contributed by atoms with Crippen molar-refractivity contribution in [2.45, 2.75) is 33.1 Å². The van der Waals surface area contributed by atoms with Crippen LogP contribution in [0.1, 0.15) is 25.1 Å². The van der Waals surface area contributed by atoms with Crippen LogP contribution in [0.15, 0.2) is 83.7 Å². The summed E-state index contributed by atoms with van der Waals surface area (Å²) in [5, 5.41) is 6.79. The van der Waals surface area contributed by atoms with E-state index in [1.807, 2.05) is 93.4 Å². The Morgan fingerprint density at radius 1 is 1.07 bits per heavy atom. The quantitative estimate of drug-likeness (QED) is 0.139. The molecule has 228 valence electrons. The van der Waals surface area contributed by atoms with Crippen LogP contribution in [0.25, 0.3) is 0 Å². The summed E-state index contributed by atoms with van der Waals surface area (Å²) in [6.07, 6.45) is 4.76. The Morgan fingerprint density at radius 2 is 1.72 bits per heavy atom. The molecule has 3 aromatic rings. The Balaban J connectivity index is 0.000000428. The summed E-state index contributed by atoms with van der Waals surface area (Å²) in [7, 11) is 3.58. The van der Waals surface area contributed by atoms with Gasteiger partial charge in [0.2, 0.25) is 5.96 Å². The van der Waals surface area contributed by atoms with Crippen LogP contribution in [0, 0.1) is 12.8 Å². The van der Waals surface area contributed by atoms with Gasteiger partial charge >= 0.3 is 0 Å². The molecule has 0 aliphatic carbocycles. The maximum absolute atomic E-state index is 11.1. The number of guanidine groups is 1. The average Bonchev–Trinajstić information content (AvgIpc) is 3.00. The van der Waals surface area contributed by atoms with Crippen LogP contribution < -0.4 is 15.4 Å². The van der Waals surface area contributed by atoms with E-state index in [1.165, 1.54) is 6.20 Å². The molecule has 2 N–H and O–H groups in total. The Kier molecular flexibility index (Phi) is 12.7. The first-order chi connectivity index (χ1) is 20.6. The van der Waals surface area contributed by atoms with E-state index >= 15 is 0 Å². The fraction of sp³-hybridized carbons (Fsp3) is 0.312. The van der Waals surface area contributed by atoms with Crippen LogP contribution in [0.3, 0.4) is 0 Å². The lowest BCUT2D eigenvalue weighted by Crippen LogP contribution is -2.39. The Labute approximate surface area is 257 Å². The third kappa shape index (κ3) is 11.5. The first-order valence-corrected chi connectivity index (χ1v) is 14.1. The second-order valence-corrected chi connectivity index (χ2v) is 10.6. The van der Waals surface area contributed by atoms with Gasteiger partial charge in [0.1, 0.15) is 17.8 Å². The van der Waals surface area contributed by atoms with Crippen molar-refractivity contribution >= 4 is 35.8 Å². The van der Waals surface area contributed by atoms with Gasteiger partial charge in [-0.3, -0.25) is 9.78 Å². The second kappa shape index (κ2) is 16.4. The third-order valence-electron chi connectivity index (χ3n) is 6.15. The van der Waals surface area contributed by atoms with Crippen molar-refractivity contribution < 1.29 is 23.8 Å². The maximum Gasteiger partial charge on any atom is 0.203 e. The summed E-state index contributed by atoms with van der Waals surface area (Å²) >= 11 is 5.99. The molecule has 1 aliphatic heterocycles. The molecule has 1 fully saturated rings. The number of allylic oxidation sites excluding steroid dienone is 1. The van der Waals surface area contributed by atoms with Crippen molar-refractivity contribution in [3.63, 3.8) is 0 Å². The number of ether oxygens (including phenoxy) is 3. The van der Waals surface area contributed by atoms with E-state index in [1.54, 1.807) is 13.2 Å². The molecule has 0 saturated carbocycles. The molecule has 4 rings (SSSR count). The lowest BCUT2D eigenvalue weighted by atomic mass is 10.2. The molecule has 0 spiro atoms. The highest BCUT2D eigenvalue weighted by atomic mass is 35.5. The standard InChI is InChI=1S/C25H26ClN5O2.C7H12O3/c1-18-4-11-24(15-28-18)33-23-12-9-21(10-13-23)30-25(29-14-22(17-32)27-2)31(3)16-19-5-7-20(26)8-6-19;1-7(2)9-4-6(3-8)5-10-7/h4-15,17,27H,16H2,1-3H3,(H,29,30);3,6H,4-5H2,1-2H3/b22-14+;. The van der Waals surface area contributed by atoms with Gasteiger partial charge in [-0.1, -0.05) is 23.7 Å². The van der Waals surface area contributed by atoms with Crippen LogP contribution in [0.4, 0.5) is 5.69 Å². The van der Waals surface area contributed by atoms with E-state index in [-0.39, 0.29) is 5.92 Å². The molecule has 0 bridgehead atoms. The van der Waals surface area contributed by atoms with Gasteiger partial charge in [0.05, 0.1) is 37.2 Å². The topological polar surface area (TPSA) is 114 Å². The largest absolute Gasteiger partial charge is 0.456 e. The Bertz CT molecular complexity index is 1370. The number of pyridine rings is 1. The first kappa shape index (κ1) is 33.3. The summed E-state index contributed by atoms with van der Waals surface area (Å²) in [6, 6.07) is 18.9. The lowest BCUT2D eigenvalue weighted by Gasteiger charge is -2.32. The van der Waals surface area contributed by atoms with Gasteiger partial charge in [-0.15, -0.1) is 0 Å². The van der Waals surface area contributed by atoms with E-state index in [0.29, 0.717) is 54.2 Å². The number of carbonyl (C=O) groups excluding carboxylic acids is 2. The predicted octanol–water partition coefficient (Wildman–Crippen LogP) is 5.58. The van der Waals surface area contributed by atoms with Crippen LogP contribution >= 0.6 is 11.6 Å². The van der Waals surface area contributed by atoms with E-state index in [4.69, 9.17) is 25.8 Å². The Morgan fingerprint density at radius 3 is 2.28 bits per heavy atom. The molecule has 2 heterocycles. The van der Waals surface area contributed by atoms with Crippen molar-refractivity contribution in [1.82, 2.24) is 15.2 Å². The van der Waals surface area contributed by atoms with E-state index in [2.05, 4.69) is 20.6 Å². The minimum Gasteiger partial charge on any atom is -0.456 e. The van der Waals surface area contributed by atoms with Crippen LogP contribution in [0.2, 0.25) is 5.02 Å². The van der Waals surface area contributed by atoms with Gasteiger partial charge in [0.25, 0.3) is 0 Å².